The molecule has 0 saturated carbocycles. The molecule has 1 N–H and O–H groups in total. The lowest BCUT2D eigenvalue weighted by Crippen LogP contribution is -2.45. The molecule has 1 aromatic heterocycles. The second-order valence-corrected chi connectivity index (χ2v) is 11.4. The molecule has 2 atom stereocenters. The molecule has 0 spiro atoms. The minimum Gasteiger partial charge on any atom is -0.349 e. The highest BCUT2D eigenvalue weighted by molar-refractivity contribution is 9.11. The van der Waals surface area contributed by atoms with Crippen LogP contribution in [0.2, 0.25) is 0 Å². The number of nitriles is 1. The molecule has 9 heteroatoms. The fourth-order valence-corrected chi connectivity index (χ4v) is 6.89. The van der Waals surface area contributed by atoms with E-state index < -0.39 is 10.0 Å². The van der Waals surface area contributed by atoms with Gasteiger partial charge in [-0.2, -0.15) is 9.57 Å². The van der Waals surface area contributed by atoms with E-state index in [0.717, 1.165) is 9.35 Å². The van der Waals surface area contributed by atoms with Gasteiger partial charge in [-0.15, -0.1) is 11.3 Å². The van der Waals surface area contributed by atoms with E-state index in [1.54, 1.807) is 24.3 Å². The van der Waals surface area contributed by atoms with E-state index in [0.29, 0.717) is 24.9 Å². The van der Waals surface area contributed by atoms with Crippen LogP contribution in [-0.4, -0.2) is 31.7 Å². The van der Waals surface area contributed by atoms with Gasteiger partial charge in [-0.25, -0.2) is 8.42 Å². The number of carbonyl (C=O) groups is 1. The average Bonchev–Trinajstić information content (AvgIpc) is 3.15. The number of amides is 1. The Morgan fingerprint density at radius 3 is 2.64 bits per heavy atom. The van der Waals surface area contributed by atoms with Crippen LogP contribution in [0, 0.1) is 17.2 Å². The van der Waals surface area contributed by atoms with E-state index in [-0.39, 0.29) is 28.6 Å². The number of rotatable bonds is 5. The van der Waals surface area contributed by atoms with Crippen molar-refractivity contribution in [2.45, 2.75) is 30.0 Å². The predicted molar refractivity (Wildman–Crippen MR) is 111 cm³/mol. The van der Waals surface area contributed by atoms with Crippen molar-refractivity contribution >= 4 is 43.2 Å². The van der Waals surface area contributed by atoms with Crippen molar-refractivity contribution in [3.8, 4) is 6.07 Å². The molecular formula is C19H20BrN3O3S2. The van der Waals surface area contributed by atoms with Crippen molar-refractivity contribution in [3.63, 3.8) is 0 Å². The molecule has 1 saturated heterocycles. The predicted octanol–water partition coefficient (Wildman–Crippen LogP) is 3.66. The number of halogens is 1. The van der Waals surface area contributed by atoms with Gasteiger partial charge in [0.2, 0.25) is 5.91 Å². The van der Waals surface area contributed by atoms with E-state index >= 15 is 0 Å². The molecule has 1 fully saturated rings. The number of nitrogens with one attached hydrogen (secondary N) is 1. The number of hydrogen-bond acceptors (Lipinski definition) is 5. The Morgan fingerprint density at radius 2 is 2.04 bits per heavy atom. The van der Waals surface area contributed by atoms with Crippen LogP contribution in [-0.2, 0) is 14.8 Å². The summed E-state index contributed by atoms with van der Waals surface area (Å²) in [7, 11) is -3.58. The molecule has 0 aliphatic carbocycles. The highest BCUT2D eigenvalue weighted by atomic mass is 79.9. The molecule has 0 radical (unpaired) electrons. The summed E-state index contributed by atoms with van der Waals surface area (Å²) in [4.78, 5) is 12.7. The molecular weight excluding hydrogens is 462 g/mol. The number of piperidine rings is 1. The Kier molecular flexibility index (Phi) is 6.55. The monoisotopic (exact) mass is 481 g/mol. The molecule has 0 bridgehead atoms. The number of sulfonamides is 1. The van der Waals surface area contributed by atoms with Crippen LogP contribution >= 0.6 is 27.3 Å². The molecule has 2 heterocycles. The van der Waals surface area contributed by atoms with Crippen LogP contribution in [0.5, 0.6) is 0 Å². The summed E-state index contributed by atoms with van der Waals surface area (Å²) < 4.78 is 28.1. The average molecular weight is 482 g/mol. The molecule has 28 heavy (non-hydrogen) atoms. The number of hydrogen-bond donors (Lipinski definition) is 1. The van der Waals surface area contributed by atoms with Crippen LogP contribution in [0.4, 0.5) is 0 Å². The first-order valence-electron chi connectivity index (χ1n) is 8.87. The van der Waals surface area contributed by atoms with Gasteiger partial charge in [-0.05, 0) is 65.5 Å². The highest BCUT2D eigenvalue weighted by Gasteiger charge is 2.34. The van der Waals surface area contributed by atoms with Crippen molar-refractivity contribution < 1.29 is 13.2 Å². The summed E-state index contributed by atoms with van der Waals surface area (Å²) in [6, 6.07) is 12.2. The van der Waals surface area contributed by atoms with E-state index in [4.69, 9.17) is 5.26 Å². The molecule has 1 aliphatic rings. The largest absolute Gasteiger partial charge is 0.349 e. The molecule has 148 valence electrons. The zero-order valence-electron chi connectivity index (χ0n) is 15.3. The SMILES string of the molecule is CC(NC(=O)C1CCCN(S(=O)(=O)c2ccc(Br)s2)C1)c1ccc(C#N)cc1. The number of benzene rings is 1. The third kappa shape index (κ3) is 4.63. The van der Waals surface area contributed by atoms with Gasteiger partial charge >= 0.3 is 0 Å². The van der Waals surface area contributed by atoms with E-state index in [9.17, 15) is 13.2 Å². The number of carbonyl (C=O) groups excluding carboxylic acids is 1. The van der Waals surface area contributed by atoms with E-state index in [1.807, 2.05) is 19.1 Å². The van der Waals surface area contributed by atoms with Gasteiger partial charge in [0, 0.05) is 13.1 Å². The van der Waals surface area contributed by atoms with Crippen LogP contribution < -0.4 is 5.32 Å². The van der Waals surface area contributed by atoms with E-state index in [2.05, 4.69) is 27.3 Å². The summed E-state index contributed by atoms with van der Waals surface area (Å²) in [5.41, 5.74) is 1.46. The lowest BCUT2D eigenvalue weighted by molar-refractivity contribution is -0.126. The first-order valence-corrected chi connectivity index (χ1v) is 11.9. The van der Waals surface area contributed by atoms with Gasteiger partial charge in [0.1, 0.15) is 4.21 Å². The Morgan fingerprint density at radius 1 is 1.32 bits per heavy atom. The smallest absolute Gasteiger partial charge is 0.252 e. The number of thiophene rings is 1. The van der Waals surface area contributed by atoms with Gasteiger partial charge < -0.3 is 5.32 Å². The Balaban J connectivity index is 1.66. The molecule has 1 aliphatic heterocycles. The molecule has 1 aromatic carbocycles. The number of nitrogens with zero attached hydrogens (tertiary/aromatic N) is 2. The molecule has 6 nitrogen and oxygen atoms in total. The second-order valence-electron chi connectivity index (χ2n) is 6.72. The van der Waals surface area contributed by atoms with E-state index in [1.165, 1.54) is 15.6 Å². The zero-order valence-corrected chi connectivity index (χ0v) is 18.5. The first-order chi connectivity index (χ1) is 13.3. The van der Waals surface area contributed by atoms with Gasteiger partial charge in [0.05, 0.1) is 27.4 Å². The lowest BCUT2D eigenvalue weighted by atomic mass is 9.97. The van der Waals surface area contributed by atoms with Crippen LogP contribution in [0.15, 0.2) is 44.4 Å². The van der Waals surface area contributed by atoms with Gasteiger partial charge in [0.25, 0.3) is 10.0 Å². The maximum atomic E-state index is 12.8. The maximum absolute atomic E-state index is 12.8. The fourth-order valence-electron chi connectivity index (χ4n) is 3.20. The summed E-state index contributed by atoms with van der Waals surface area (Å²) in [5.74, 6) is -0.531. The normalized spacial score (nSPS) is 19.0. The third-order valence-corrected chi connectivity index (χ3v) is 8.75. The summed E-state index contributed by atoms with van der Waals surface area (Å²) in [5, 5.41) is 11.9. The fraction of sp³-hybridized carbons (Fsp3) is 0.368. The quantitative estimate of drug-likeness (QED) is 0.705. The van der Waals surface area contributed by atoms with Crippen LogP contribution in [0.1, 0.15) is 36.9 Å². The maximum Gasteiger partial charge on any atom is 0.252 e. The van der Waals surface area contributed by atoms with Crippen molar-refractivity contribution in [2.75, 3.05) is 13.1 Å². The third-order valence-electron chi connectivity index (χ3n) is 4.80. The van der Waals surface area contributed by atoms with Crippen LogP contribution in [0.3, 0.4) is 0 Å². The zero-order chi connectivity index (χ0) is 20.3. The van der Waals surface area contributed by atoms with Gasteiger partial charge in [-0.3, -0.25) is 4.79 Å². The Labute approximate surface area is 177 Å². The van der Waals surface area contributed by atoms with Crippen molar-refractivity contribution in [1.29, 1.82) is 5.26 Å². The van der Waals surface area contributed by atoms with Gasteiger partial charge in [0.15, 0.2) is 0 Å². The lowest BCUT2D eigenvalue weighted by Gasteiger charge is -2.31. The summed E-state index contributed by atoms with van der Waals surface area (Å²) in [6.07, 6.45) is 1.31. The molecule has 3 rings (SSSR count). The topological polar surface area (TPSA) is 90.3 Å². The van der Waals surface area contributed by atoms with Crippen molar-refractivity contribution in [3.05, 3.63) is 51.3 Å². The molecule has 2 unspecified atom stereocenters. The van der Waals surface area contributed by atoms with Crippen molar-refractivity contribution in [2.24, 2.45) is 5.92 Å². The highest BCUT2D eigenvalue weighted by Crippen LogP contribution is 2.31. The van der Waals surface area contributed by atoms with Gasteiger partial charge in [-0.1, -0.05) is 12.1 Å². The summed E-state index contributed by atoms with van der Waals surface area (Å²) in [6.45, 7) is 2.48. The Hall–Kier alpha value is -1.73. The van der Waals surface area contributed by atoms with Crippen molar-refractivity contribution in [1.82, 2.24) is 9.62 Å². The second kappa shape index (κ2) is 8.74. The standard InChI is InChI=1S/C19H20BrN3O3S2/c1-13(15-6-4-14(11-21)5-7-15)22-19(24)16-3-2-10-23(12-16)28(25,26)18-9-8-17(20)27-18/h4-9,13,16H,2-3,10,12H2,1H3,(H,22,24). The molecule has 1 amide bonds. The van der Waals surface area contributed by atoms with Crippen LogP contribution in [0.25, 0.3) is 0 Å². The summed E-state index contributed by atoms with van der Waals surface area (Å²) >= 11 is 4.47. The first kappa shape index (κ1) is 21.0. The molecule has 2 aromatic rings. The Bertz CT molecular complexity index is 996. The minimum atomic E-state index is -3.58. The minimum absolute atomic E-state index is 0.149.